The monoisotopic (exact) mass is 255 g/mol. The van der Waals surface area contributed by atoms with Crippen LogP contribution < -0.4 is 5.32 Å². The van der Waals surface area contributed by atoms with E-state index in [1.165, 1.54) is 18.7 Å². The molecule has 0 unspecified atom stereocenters. The van der Waals surface area contributed by atoms with E-state index in [2.05, 4.69) is 20.4 Å². The van der Waals surface area contributed by atoms with Gasteiger partial charge in [0.1, 0.15) is 5.69 Å². The van der Waals surface area contributed by atoms with Crippen LogP contribution in [0.1, 0.15) is 19.5 Å². The Morgan fingerprint density at radius 1 is 1.56 bits per heavy atom. The first-order valence-electron chi connectivity index (χ1n) is 5.00. The lowest BCUT2D eigenvalue weighted by atomic mass is 10.4. The van der Waals surface area contributed by atoms with Crippen molar-refractivity contribution in [2.24, 2.45) is 12.2 Å². The van der Waals surface area contributed by atoms with E-state index in [0.717, 1.165) is 0 Å². The zero-order chi connectivity index (χ0) is 13.9. The maximum atomic E-state index is 11.3. The minimum absolute atomic E-state index is 0.0496. The summed E-state index contributed by atoms with van der Waals surface area (Å²) in [6, 6.07) is 0. The van der Waals surface area contributed by atoms with Crippen LogP contribution in [0.4, 0.5) is 16.3 Å². The Balaban J connectivity index is 2.94. The number of amides is 1. The van der Waals surface area contributed by atoms with Crippen LogP contribution in [0.2, 0.25) is 0 Å². The predicted octanol–water partition coefficient (Wildman–Crippen LogP) is 1.58. The summed E-state index contributed by atoms with van der Waals surface area (Å²) in [7, 11) is 1.48. The number of hydrogen-bond donors (Lipinski definition) is 1. The standard InChI is InChI=1S/C9H13N5O4/c1-5(2)12-18-9(15)10-8-7(14(16)17)6(3)11-13(8)4/h1-4H3,(H,10,15). The minimum Gasteiger partial charge on any atom is -0.298 e. The number of hydrogen-bond acceptors (Lipinski definition) is 6. The lowest BCUT2D eigenvalue weighted by molar-refractivity contribution is -0.384. The summed E-state index contributed by atoms with van der Waals surface area (Å²) in [6.07, 6.45) is -0.915. The van der Waals surface area contributed by atoms with E-state index in [-0.39, 0.29) is 17.2 Å². The Hall–Kier alpha value is -2.45. The van der Waals surface area contributed by atoms with Gasteiger partial charge in [-0.05, 0) is 20.8 Å². The molecule has 9 nitrogen and oxygen atoms in total. The molecule has 0 aliphatic rings. The first-order chi connectivity index (χ1) is 8.32. The molecule has 1 heterocycles. The Kier molecular flexibility index (Phi) is 3.97. The summed E-state index contributed by atoms with van der Waals surface area (Å²) in [4.78, 5) is 26.0. The summed E-state index contributed by atoms with van der Waals surface area (Å²) >= 11 is 0. The fourth-order valence-electron chi connectivity index (χ4n) is 1.26. The highest BCUT2D eigenvalue weighted by Crippen LogP contribution is 2.27. The summed E-state index contributed by atoms with van der Waals surface area (Å²) in [6.45, 7) is 4.76. The Morgan fingerprint density at radius 2 is 2.17 bits per heavy atom. The second-order valence-corrected chi connectivity index (χ2v) is 3.71. The number of nitrogens with zero attached hydrogens (tertiary/aromatic N) is 4. The molecular formula is C9H13N5O4. The van der Waals surface area contributed by atoms with Crippen molar-refractivity contribution >= 4 is 23.3 Å². The molecule has 18 heavy (non-hydrogen) atoms. The quantitative estimate of drug-likeness (QED) is 0.381. The van der Waals surface area contributed by atoms with Crippen molar-refractivity contribution in [1.82, 2.24) is 9.78 Å². The van der Waals surface area contributed by atoms with Gasteiger partial charge >= 0.3 is 11.8 Å². The van der Waals surface area contributed by atoms with E-state index < -0.39 is 11.0 Å². The number of carbonyl (C=O) groups is 1. The van der Waals surface area contributed by atoms with Crippen molar-refractivity contribution < 1.29 is 14.6 Å². The van der Waals surface area contributed by atoms with Crippen molar-refractivity contribution in [2.75, 3.05) is 5.32 Å². The molecule has 1 aromatic heterocycles. The fourth-order valence-corrected chi connectivity index (χ4v) is 1.26. The van der Waals surface area contributed by atoms with Gasteiger partial charge in [0, 0.05) is 7.05 Å². The van der Waals surface area contributed by atoms with Gasteiger partial charge in [0.05, 0.1) is 10.6 Å². The molecule has 0 saturated carbocycles. The molecule has 1 amide bonds. The highest BCUT2D eigenvalue weighted by molar-refractivity contribution is 5.87. The number of aryl methyl sites for hydroxylation is 2. The largest absolute Gasteiger partial charge is 0.439 e. The van der Waals surface area contributed by atoms with Crippen LogP contribution >= 0.6 is 0 Å². The van der Waals surface area contributed by atoms with E-state index in [1.54, 1.807) is 13.8 Å². The molecule has 0 saturated heterocycles. The summed E-state index contributed by atoms with van der Waals surface area (Å²) in [5, 5.41) is 20.3. The molecule has 0 radical (unpaired) electrons. The van der Waals surface area contributed by atoms with E-state index in [0.29, 0.717) is 5.71 Å². The number of aromatic nitrogens is 2. The third kappa shape index (κ3) is 3.03. The molecule has 98 valence electrons. The lowest BCUT2D eigenvalue weighted by Crippen LogP contribution is -2.15. The van der Waals surface area contributed by atoms with Gasteiger partial charge in [0.25, 0.3) is 0 Å². The van der Waals surface area contributed by atoms with Crippen LogP contribution in [0.15, 0.2) is 5.16 Å². The Bertz CT molecular complexity index is 515. The molecule has 1 rings (SSSR count). The smallest absolute Gasteiger partial charge is 0.298 e. The highest BCUT2D eigenvalue weighted by atomic mass is 16.7. The van der Waals surface area contributed by atoms with E-state index in [1.807, 2.05) is 0 Å². The topological polar surface area (TPSA) is 112 Å². The van der Waals surface area contributed by atoms with Crippen molar-refractivity contribution in [3.63, 3.8) is 0 Å². The van der Waals surface area contributed by atoms with Gasteiger partial charge in [0.2, 0.25) is 5.82 Å². The van der Waals surface area contributed by atoms with Crippen LogP contribution in [0.25, 0.3) is 0 Å². The SMILES string of the molecule is CC(C)=NOC(=O)Nc1c([N+](=O)[O-])c(C)nn1C. The van der Waals surface area contributed by atoms with Crippen LogP contribution in [-0.4, -0.2) is 26.5 Å². The van der Waals surface area contributed by atoms with E-state index in [9.17, 15) is 14.9 Å². The first-order valence-corrected chi connectivity index (χ1v) is 5.00. The van der Waals surface area contributed by atoms with Gasteiger partial charge in [-0.1, -0.05) is 5.16 Å². The average Bonchev–Trinajstić information content (AvgIpc) is 2.51. The van der Waals surface area contributed by atoms with E-state index >= 15 is 0 Å². The summed E-state index contributed by atoms with van der Waals surface area (Å²) in [5.41, 5.74) is 0.473. The Morgan fingerprint density at radius 3 is 2.67 bits per heavy atom. The van der Waals surface area contributed by atoms with E-state index in [4.69, 9.17) is 0 Å². The number of anilines is 1. The minimum atomic E-state index is -0.915. The zero-order valence-corrected chi connectivity index (χ0v) is 10.4. The maximum Gasteiger partial charge on any atom is 0.439 e. The molecule has 1 N–H and O–H groups in total. The molecule has 0 aliphatic heterocycles. The molecule has 0 atom stereocenters. The number of rotatable bonds is 3. The normalized spacial score (nSPS) is 9.78. The molecule has 0 fully saturated rings. The summed E-state index contributed by atoms with van der Waals surface area (Å²) < 4.78 is 1.19. The average molecular weight is 255 g/mol. The highest BCUT2D eigenvalue weighted by Gasteiger charge is 2.25. The van der Waals surface area contributed by atoms with Gasteiger partial charge in [0.15, 0.2) is 0 Å². The third-order valence-electron chi connectivity index (χ3n) is 1.90. The number of oxime groups is 1. The molecule has 1 aromatic rings. The third-order valence-corrected chi connectivity index (χ3v) is 1.90. The summed E-state index contributed by atoms with van der Waals surface area (Å²) in [5.74, 6) is -0.0496. The number of nitrogens with one attached hydrogen (secondary N) is 1. The predicted molar refractivity (Wildman–Crippen MR) is 63.5 cm³/mol. The van der Waals surface area contributed by atoms with Crippen molar-refractivity contribution in [1.29, 1.82) is 0 Å². The van der Waals surface area contributed by atoms with Crippen LogP contribution in [0.3, 0.4) is 0 Å². The second-order valence-electron chi connectivity index (χ2n) is 3.71. The number of carbonyl (C=O) groups excluding carboxylic acids is 1. The van der Waals surface area contributed by atoms with Gasteiger partial charge in [-0.25, -0.2) is 9.48 Å². The van der Waals surface area contributed by atoms with Gasteiger partial charge < -0.3 is 0 Å². The van der Waals surface area contributed by atoms with Crippen LogP contribution in [0.5, 0.6) is 0 Å². The lowest BCUT2D eigenvalue weighted by Gasteiger charge is -2.02. The molecule has 0 bridgehead atoms. The first kappa shape index (κ1) is 13.6. The number of nitro groups is 1. The van der Waals surface area contributed by atoms with Crippen molar-refractivity contribution in [3.05, 3.63) is 15.8 Å². The molecule has 9 heteroatoms. The second kappa shape index (κ2) is 5.25. The van der Waals surface area contributed by atoms with Crippen LogP contribution in [0, 0.1) is 17.0 Å². The van der Waals surface area contributed by atoms with Gasteiger partial charge in [-0.2, -0.15) is 5.10 Å². The molecule has 0 aliphatic carbocycles. The molecule has 0 aromatic carbocycles. The molecular weight excluding hydrogens is 242 g/mol. The van der Waals surface area contributed by atoms with Gasteiger partial charge in [-0.15, -0.1) is 0 Å². The zero-order valence-electron chi connectivity index (χ0n) is 10.4. The fraction of sp³-hybridized carbons (Fsp3) is 0.444. The maximum absolute atomic E-state index is 11.3. The van der Waals surface area contributed by atoms with Crippen molar-refractivity contribution in [3.8, 4) is 0 Å². The van der Waals surface area contributed by atoms with Crippen LogP contribution in [-0.2, 0) is 11.9 Å². The van der Waals surface area contributed by atoms with Crippen molar-refractivity contribution in [2.45, 2.75) is 20.8 Å². The Labute approximate surface area is 103 Å². The molecule has 0 spiro atoms. The van der Waals surface area contributed by atoms with Gasteiger partial charge in [-0.3, -0.25) is 20.3 Å².